The van der Waals surface area contributed by atoms with E-state index in [2.05, 4.69) is 55.4 Å². The van der Waals surface area contributed by atoms with Gasteiger partial charge in [-0.1, -0.05) is 42.5 Å². The van der Waals surface area contributed by atoms with Crippen molar-refractivity contribution in [2.75, 3.05) is 0 Å². The fourth-order valence-corrected chi connectivity index (χ4v) is 6.39. The quantitative estimate of drug-likeness (QED) is 0.202. The topological polar surface area (TPSA) is 74.7 Å². The molecule has 8 rings (SSSR count). The van der Waals surface area contributed by atoms with Crippen LogP contribution in [0.15, 0.2) is 122 Å². The Morgan fingerprint density at radius 3 is 1.86 bits per heavy atom. The molecule has 0 aliphatic rings. The molecule has 0 saturated heterocycles. The summed E-state index contributed by atoms with van der Waals surface area (Å²) >= 11 is 0. The van der Waals surface area contributed by atoms with Crippen LogP contribution in [0, 0.1) is 29.2 Å². The van der Waals surface area contributed by atoms with Crippen molar-refractivity contribution in [3.63, 3.8) is 0 Å². The van der Waals surface area contributed by atoms with E-state index in [9.17, 15) is 10.5 Å². The number of rotatable bonds is 3. The molecule has 0 saturated carbocycles. The van der Waals surface area contributed by atoms with Crippen molar-refractivity contribution in [1.29, 1.82) is 10.5 Å². The van der Waals surface area contributed by atoms with E-state index >= 15 is 0 Å². The molecule has 3 heterocycles. The van der Waals surface area contributed by atoms with E-state index in [-0.39, 0.29) is 0 Å². The van der Waals surface area contributed by atoms with Crippen molar-refractivity contribution in [1.82, 2.24) is 14.1 Å². The van der Waals surface area contributed by atoms with Gasteiger partial charge in [0, 0.05) is 34.1 Å². The summed E-state index contributed by atoms with van der Waals surface area (Å²) in [4.78, 5) is 7.94. The predicted molar refractivity (Wildman–Crippen MR) is 174 cm³/mol. The number of fused-ring (bicyclic) bond motifs is 6. The lowest BCUT2D eigenvalue weighted by molar-refractivity contribution is 1.13. The second-order valence-electron chi connectivity index (χ2n) is 10.6. The van der Waals surface area contributed by atoms with Crippen LogP contribution in [-0.2, 0) is 0 Å². The van der Waals surface area contributed by atoms with Gasteiger partial charge in [0.05, 0.1) is 57.2 Å². The zero-order valence-electron chi connectivity index (χ0n) is 23.2. The second-order valence-corrected chi connectivity index (χ2v) is 10.6. The molecule has 0 aliphatic carbocycles. The van der Waals surface area contributed by atoms with Crippen molar-refractivity contribution in [3.8, 4) is 34.6 Å². The van der Waals surface area contributed by atoms with E-state index in [1.54, 1.807) is 12.4 Å². The second kappa shape index (κ2) is 9.71. The van der Waals surface area contributed by atoms with Gasteiger partial charge in [-0.15, -0.1) is 0 Å². The Bertz CT molecular complexity index is 2580. The van der Waals surface area contributed by atoms with E-state index in [4.69, 9.17) is 6.57 Å². The van der Waals surface area contributed by atoms with E-state index < -0.39 is 0 Å². The zero-order chi connectivity index (χ0) is 29.8. The number of aromatic nitrogens is 3. The maximum absolute atomic E-state index is 10.7. The zero-order valence-corrected chi connectivity index (χ0v) is 23.2. The van der Waals surface area contributed by atoms with Gasteiger partial charge in [0.15, 0.2) is 5.69 Å². The minimum Gasteiger partial charge on any atom is -0.309 e. The summed E-state index contributed by atoms with van der Waals surface area (Å²) in [5.41, 5.74) is 8.95. The lowest BCUT2D eigenvalue weighted by Crippen LogP contribution is -2.04. The molecule has 0 aliphatic heterocycles. The summed E-state index contributed by atoms with van der Waals surface area (Å²) in [5, 5.41) is 24.3. The molecule has 6 nitrogen and oxygen atoms in total. The van der Waals surface area contributed by atoms with Crippen LogP contribution < -0.4 is 0 Å². The largest absolute Gasteiger partial charge is 0.309 e. The molecule has 0 N–H and O–H groups in total. The lowest BCUT2D eigenvalue weighted by Gasteiger charge is -2.18. The average molecular weight is 561 g/mol. The monoisotopic (exact) mass is 560 g/mol. The van der Waals surface area contributed by atoms with Gasteiger partial charge >= 0.3 is 0 Å². The first-order valence-corrected chi connectivity index (χ1v) is 14.0. The van der Waals surface area contributed by atoms with Gasteiger partial charge in [0.2, 0.25) is 0 Å². The molecule has 0 amide bonds. The Kier molecular flexibility index (Phi) is 5.53. The van der Waals surface area contributed by atoms with Crippen LogP contribution in [0.5, 0.6) is 0 Å². The molecule has 0 unspecified atom stereocenters. The van der Waals surface area contributed by atoms with Gasteiger partial charge < -0.3 is 9.13 Å². The van der Waals surface area contributed by atoms with E-state index in [1.165, 1.54) is 0 Å². The van der Waals surface area contributed by atoms with Crippen LogP contribution >= 0.6 is 0 Å². The van der Waals surface area contributed by atoms with Gasteiger partial charge in [0.1, 0.15) is 6.07 Å². The summed E-state index contributed by atoms with van der Waals surface area (Å²) in [5.74, 6) is 0. The number of hydrogen-bond acceptors (Lipinski definition) is 3. The lowest BCUT2D eigenvalue weighted by atomic mass is 10.00. The Hall–Kier alpha value is -6.68. The van der Waals surface area contributed by atoms with E-state index in [1.807, 2.05) is 84.9 Å². The Balaban J connectivity index is 1.52. The van der Waals surface area contributed by atoms with Crippen LogP contribution in [0.1, 0.15) is 11.1 Å². The highest BCUT2D eigenvalue weighted by atomic mass is 15.0. The first-order valence-electron chi connectivity index (χ1n) is 14.0. The van der Waals surface area contributed by atoms with Crippen molar-refractivity contribution in [2.24, 2.45) is 0 Å². The third-order valence-electron chi connectivity index (χ3n) is 8.29. The molecule has 8 aromatic rings. The molecule has 0 spiro atoms. The first-order chi connectivity index (χ1) is 21.7. The van der Waals surface area contributed by atoms with E-state index in [0.29, 0.717) is 16.8 Å². The van der Waals surface area contributed by atoms with Gasteiger partial charge in [0.25, 0.3) is 0 Å². The molecule has 202 valence electrons. The number of hydrogen-bond donors (Lipinski definition) is 0. The molecule has 5 aromatic carbocycles. The third kappa shape index (κ3) is 3.61. The number of para-hydroxylation sites is 2. The highest BCUT2D eigenvalue weighted by Gasteiger charge is 2.21. The molecule has 0 radical (unpaired) electrons. The molecule has 3 aromatic heterocycles. The Morgan fingerprint density at radius 2 is 1.20 bits per heavy atom. The Labute approximate surface area is 252 Å². The van der Waals surface area contributed by atoms with Gasteiger partial charge in [-0.2, -0.15) is 10.5 Å². The summed E-state index contributed by atoms with van der Waals surface area (Å²) < 4.78 is 4.30. The summed E-state index contributed by atoms with van der Waals surface area (Å²) in [6, 6.07) is 40.4. The smallest absolute Gasteiger partial charge is 0.188 e. The predicted octanol–water partition coefficient (Wildman–Crippen LogP) is 9.24. The van der Waals surface area contributed by atoms with Crippen LogP contribution in [-0.4, -0.2) is 14.1 Å². The van der Waals surface area contributed by atoms with Crippen molar-refractivity contribution < 1.29 is 0 Å². The van der Waals surface area contributed by atoms with E-state index in [0.717, 1.165) is 66.1 Å². The molecule has 6 heteroatoms. The van der Waals surface area contributed by atoms with Gasteiger partial charge in [-0.25, -0.2) is 4.85 Å². The third-order valence-corrected chi connectivity index (χ3v) is 8.29. The molecular formula is C38H20N6. The minimum atomic E-state index is 0.508. The number of pyridine rings is 1. The molecule has 0 atom stereocenters. The number of nitrogens with zero attached hydrogens (tertiary/aromatic N) is 6. The highest BCUT2D eigenvalue weighted by Crippen LogP contribution is 2.41. The molecule has 0 bridgehead atoms. The minimum absolute atomic E-state index is 0.508. The van der Waals surface area contributed by atoms with Gasteiger partial charge in [-0.05, 0) is 77.7 Å². The normalized spacial score (nSPS) is 11.1. The SMILES string of the molecule is [C-]#[N+]c1ccc2c(c1)c1ccccc1n2-c1cc(C#N)c(-n2c3ccccc3c3cc(C#N)ccc32)cc1-c1ccncc1. The van der Waals surface area contributed by atoms with Gasteiger partial charge in [-0.3, -0.25) is 4.98 Å². The van der Waals surface area contributed by atoms with Crippen LogP contribution in [0.4, 0.5) is 5.69 Å². The highest BCUT2D eigenvalue weighted by molar-refractivity contribution is 6.12. The fourth-order valence-electron chi connectivity index (χ4n) is 6.39. The van der Waals surface area contributed by atoms with Crippen molar-refractivity contribution >= 4 is 49.3 Å². The van der Waals surface area contributed by atoms with Crippen LogP contribution in [0.25, 0.3) is 71.0 Å². The summed E-state index contributed by atoms with van der Waals surface area (Å²) in [6.07, 6.45) is 3.55. The standard InChI is InChI=1S/C38H20N6/c1-41-27-11-13-36-32(20-27)29-7-3-5-9-34(29)44(36)38-19-26(23-40)37(21-30(38)25-14-16-42-17-15-25)43-33-8-4-2-6-28(33)31-18-24(22-39)10-12-35(31)43/h2-21H. The van der Waals surface area contributed by atoms with Crippen molar-refractivity contribution in [3.05, 3.63) is 144 Å². The average Bonchev–Trinajstić information content (AvgIpc) is 3.60. The van der Waals surface area contributed by atoms with Crippen molar-refractivity contribution in [2.45, 2.75) is 0 Å². The first kappa shape index (κ1) is 25.1. The summed E-state index contributed by atoms with van der Waals surface area (Å²) in [7, 11) is 0. The summed E-state index contributed by atoms with van der Waals surface area (Å²) in [6.45, 7) is 7.58. The van der Waals surface area contributed by atoms with Crippen LogP contribution in [0.3, 0.4) is 0 Å². The maximum atomic E-state index is 10.7. The number of benzene rings is 5. The fraction of sp³-hybridized carbons (Fsp3) is 0. The Morgan fingerprint density at radius 1 is 0.591 bits per heavy atom. The van der Waals surface area contributed by atoms with Crippen LogP contribution in [0.2, 0.25) is 0 Å². The maximum Gasteiger partial charge on any atom is 0.188 e. The molecule has 0 fully saturated rings. The molecule has 44 heavy (non-hydrogen) atoms. The molecular weight excluding hydrogens is 540 g/mol. The number of nitriles is 2.